The molecule has 1 fully saturated rings. The van der Waals surface area contributed by atoms with Gasteiger partial charge in [0.1, 0.15) is 0 Å². The molecular weight excluding hydrogens is 378 g/mol. The third-order valence-electron chi connectivity index (χ3n) is 4.71. The smallest absolute Gasteiger partial charge is 0.225 e. The van der Waals surface area contributed by atoms with Crippen LogP contribution in [0.5, 0.6) is 11.5 Å². The van der Waals surface area contributed by atoms with Gasteiger partial charge >= 0.3 is 0 Å². The molecule has 0 aliphatic carbocycles. The highest BCUT2D eigenvalue weighted by Crippen LogP contribution is 2.29. The first-order valence-corrected chi connectivity index (χ1v) is 10.1. The molecule has 2 heterocycles. The summed E-state index contributed by atoms with van der Waals surface area (Å²) in [7, 11) is 3.16. The number of ether oxygens (including phenoxy) is 2. The minimum atomic E-state index is -0.314. The van der Waals surface area contributed by atoms with E-state index in [0.717, 1.165) is 16.3 Å². The monoisotopic (exact) mass is 403 g/mol. The Labute approximate surface area is 168 Å². The number of rotatable bonds is 8. The van der Waals surface area contributed by atoms with Crippen LogP contribution in [0.3, 0.4) is 0 Å². The molecule has 1 saturated heterocycles. The molecule has 1 aliphatic rings. The third-order valence-corrected chi connectivity index (χ3v) is 5.74. The lowest BCUT2D eigenvalue weighted by Gasteiger charge is -2.18. The number of nitrogens with one attached hydrogen (secondary N) is 1. The highest BCUT2D eigenvalue weighted by Gasteiger charge is 2.34. The first kappa shape index (κ1) is 20.1. The van der Waals surface area contributed by atoms with Gasteiger partial charge in [0.2, 0.25) is 11.8 Å². The molecule has 28 heavy (non-hydrogen) atoms. The van der Waals surface area contributed by atoms with Crippen molar-refractivity contribution >= 4 is 23.2 Å². The predicted octanol–water partition coefficient (Wildman–Crippen LogP) is 2.18. The fourth-order valence-corrected chi connectivity index (χ4v) is 4.03. The SMILES string of the molecule is COc1ccc(CN2CC(C(=O)NCCc3nc(C)cs3)CC2=O)cc1OC. The second-order valence-corrected chi connectivity index (χ2v) is 7.73. The molecule has 1 aromatic carbocycles. The van der Waals surface area contributed by atoms with Gasteiger partial charge in [-0.15, -0.1) is 11.3 Å². The van der Waals surface area contributed by atoms with Crippen LogP contribution in [0.15, 0.2) is 23.6 Å². The van der Waals surface area contributed by atoms with E-state index in [1.165, 1.54) is 0 Å². The summed E-state index contributed by atoms with van der Waals surface area (Å²) in [5.41, 5.74) is 1.93. The normalized spacial score (nSPS) is 16.3. The Morgan fingerprint density at radius 1 is 1.32 bits per heavy atom. The summed E-state index contributed by atoms with van der Waals surface area (Å²) in [6.45, 7) is 3.36. The molecule has 1 N–H and O–H groups in total. The number of amides is 2. The molecule has 150 valence electrons. The van der Waals surface area contributed by atoms with Crippen LogP contribution < -0.4 is 14.8 Å². The fourth-order valence-electron chi connectivity index (χ4n) is 3.25. The lowest BCUT2D eigenvalue weighted by atomic mass is 10.1. The molecule has 7 nitrogen and oxygen atoms in total. The number of thiazole rings is 1. The topological polar surface area (TPSA) is 80.8 Å². The maximum Gasteiger partial charge on any atom is 0.225 e. The van der Waals surface area contributed by atoms with Crippen LogP contribution in [0.2, 0.25) is 0 Å². The van der Waals surface area contributed by atoms with E-state index in [2.05, 4.69) is 10.3 Å². The Bertz CT molecular complexity index is 852. The van der Waals surface area contributed by atoms with E-state index in [-0.39, 0.29) is 24.2 Å². The number of hydrogen-bond donors (Lipinski definition) is 1. The predicted molar refractivity (Wildman–Crippen MR) is 107 cm³/mol. The quantitative estimate of drug-likeness (QED) is 0.731. The van der Waals surface area contributed by atoms with Crippen LogP contribution in [-0.2, 0) is 22.6 Å². The van der Waals surface area contributed by atoms with Crippen LogP contribution in [0, 0.1) is 12.8 Å². The average Bonchev–Trinajstić information content (AvgIpc) is 3.27. The number of aryl methyl sites for hydroxylation is 1. The van der Waals surface area contributed by atoms with Crippen LogP contribution >= 0.6 is 11.3 Å². The molecule has 2 amide bonds. The van der Waals surface area contributed by atoms with Crippen molar-refractivity contribution < 1.29 is 19.1 Å². The molecule has 0 spiro atoms. The van der Waals surface area contributed by atoms with Gasteiger partial charge < -0.3 is 19.7 Å². The summed E-state index contributed by atoms with van der Waals surface area (Å²) in [6.07, 6.45) is 0.954. The van der Waals surface area contributed by atoms with Crippen molar-refractivity contribution in [3.05, 3.63) is 39.8 Å². The number of carbonyl (C=O) groups is 2. The van der Waals surface area contributed by atoms with E-state index in [9.17, 15) is 9.59 Å². The largest absolute Gasteiger partial charge is 0.493 e. The number of methoxy groups -OCH3 is 2. The fraction of sp³-hybridized carbons (Fsp3) is 0.450. The molecule has 1 atom stereocenters. The van der Waals surface area contributed by atoms with Crippen molar-refractivity contribution in [2.75, 3.05) is 27.3 Å². The van der Waals surface area contributed by atoms with E-state index in [1.54, 1.807) is 30.5 Å². The minimum Gasteiger partial charge on any atom is -0.493 e. The van der Waals surface area contributed by atoms with Crippen LogP contribution in [-0.4, -0.2) is 49.0 Å². The first-order valence-electron chi connectivity index (χ1n) is 9.17. The maximum atomic E-state index is 12.4. The Morgan fingerprint density at radius 2 is 2.11 bits per heavy atom. The highest BCUT2D eigenvalue weighted by atomic mass is 32.1. The zero-order valence-electron chi connectivity index (χ0n) is 16.4. The average molecular weight is 404 g/mol. The van der Waals surface area contributed by atoms with Gasteiger partial charge in [-0.25, -0.2) is 4.98 Å². The Balaban J connectivity index is 1.52. The lowest BCUT2D eigenvalue weighted by Crippen LogP contribution is -2.34. The summed E-state index contributed by atoms with van der Waals surface area (Å²) >= 11 is 1.60. The van der Waals surface area contributed by atoms with Gasteiger partial charge in [-0.05, 0) is 24.6 Å². The van der Waals surface area contributed by atoms with E-state index in [4.69, 9.17) is 9.47 Å². The van der Waals surface area contributed by atoms with Crippen molar-refractivity contribution in [1.82, 2.24) is 15.2 Å². The van der Waals surface area contributed by atoms with Gasteiger partial charge in [-0.3, -0.25) is 9.59 Å². The molecule has 1 aliphatic heterocycles. The van der Waals surface area contributed by atoms with Crippen molar-refractivity contribution in [3.63, 3.8) is 0 Å². The van der Waals surface area contributed by atoms with Gasteiger partial charge in [-0.2, -0.15) is 0 Å². The molecule has 0 saturated carbocycles. The van der Waals surface area contributed by atoms with Gasteiger partial charge in [0.15, 0.2) is 11.5 Å². The zero-order chi connectivity index (χ0) is 20.1. The van der Waals surface area contributed by atoms with Crippen molar-refractivity contribution in [2.45, 2.75) is 26.3 Å². The Hall–Kier alpha value is -2.61. The number of hydrogen-bond acceptors (Lipinski definition) is 6. The highest BCUT2D eigenvalue weighted by molar-refractivity contribution is 7.09. The third kappa shape index (κ3) is 4.81. The molecule has 1 aromatic heterocycles. The van der Waals surface area contributed by atoms with Crippen LogP contribution in [0.25, 0.3) is 0 Å². The number of aromatic nitrogens is 1. The van der Waals surface area contributed by atoms with Crippen molar-refractivity contribution in [2.24, 2.45) is 5.92 Å². The molecule has 0 bridgehead atoms. The van der Waals surface area contributed by atoms with Crippen molar-refractivity contribution in [1.29, 1.82) is 0 Å². The van der Waals surface area contributed by atoms with Gasteiger partial charge in [0, 0.05) is 43.5 Å². The first-order chi connectivity index (χ1) is 13.5. The molecule has 8 heteroatoms. The molecule has 1 unspecified atom stereocenters. The molecule has 3 rings (SSSR count). The number of carbonyl (C=O) groups excluding carboxylic acids is 2. The lowest BCUT2D eigenvalue weighted by molar-refractivity contribution is -0.129. The van der Waals surface area contributed by atoms with Gasteiger partial charge in [0.25, 0.3) is 0 Å². The van der Waals surface area contributed by atoms with E-state index in [1.807, 2.05) is 30.5 Å². The van der Waals surface area contributed by atoms with E-state index < -0.39 is 0 Å². The van der Waals surface area contributed by atoms with Crippen LogP contribution in [0.4, 0.5) is 0 Å². The van der Waals surface area contributed by atoms with Gasteiger partial charge in [0.05, 0.1) is 25.1 Å². The summed E-state index contributed by atoms with van der Waals surface area (Å²) in [4.78, 5) is 30.9. The maximum absolute atomic E-state index is 12.4. The standard InChI is InChI=1S/C20H25N3O4S/c1-13-12-28-18(22-13)6-7-21-20(25)15-9-19(24)23(11-15)10-14-4-5-16(26-2)17(8-14)27-3/h4-5,8,12,15H,6-7,9-11H2,1-3H3,(H,21,25). The van der Waals surface area contributed by atoms with Crippen molar-refractivity contribution in [3.8, 4) is 11.5 Å². The molecular formula is C20H25N3O4S. The van der Waals surface area contributed by atoms with Gasteiger partial charge in [-0.1, -0.05) is 6.07 Å². The minimum absolute atomic E-state index is 0.00881. The van der Waals surface area contributed by atoms with E-state index >= 15 is 0 Å². The number of likely N-dealkylation sites (tertiary alicyclic amines) is 1. The zero-order valence-corrected chi connectivity index (χ0v) is 17.2. The Morgan fingerprint density at radius 3 is 2.79 bits per heavy atom. The summed E-state index contributed by atoms with van der Waals surface area (Å²) in [6, 6.07) is 5.58. The second kappa shape index (κ2) is 9.05. The second-order valence-electron chi connectivity index (χ2n) is 6.79. The van der Waals surface area contributed by atoms with E-state index in [0.29, 0.717) is 37.6 Å². The summed E-state index contributed by atoms with van der Waals surface area (Å²) < 4.78 is 10.6. The number of nitrogens with zero attached hydrogens (tertiary/aromatic N) is 2. The molecule has 2 aromatic rings. The summed E-state index contributed by atoms with van der Waals surface area (Å²) in [5.74, 6) is 0.873. The number of benzene rings is 1. The van der Waals surface area contributed by atoms with Crippen LogP contribution in [0.1, 0.15) is 22.7 Å². The molecule has 0 radical (unpaired) electrons. The Kier molecular flexibility index (Phi) is 6.51. The summed E-state index contributed by atoms with van der Waals surface area (Å²) in [5, 5.41) is 5.94.